The van der Waals surface area contributed by atoms with Gasteiger partial charge in [-0.05, 0) is 43.3 Å². The van der Waals surface area contributed by atoms with E-state index < -0.39 is 43.0 Å². The van der Waals surface area contributed by atoms with Crippen LogP contribution in [0.2, 0.25) is 5.02 Å². The predicted molar refractivity (Wildman–Crippen MR) is 127 cm³/mol. The van der Waals surface area contributed by atoms with Crippen LogP contribution in [0.15, 0.2) is 47.3 Å². The van der Waals surface area contributed by atoms with Gasteiger partial charge in [-0.15, -0.1) is 10.2 Å². The van der Waals surface area contributed by atoms with E-state index in [1.54, 1.807) is 0 Å². The number of halogens is 5. The standard InChI is InChI=1S/C23H21ClF4N6O4/c1-12(35)20-29-19(30-34(20)16-8-7-15(25)9-17(16)38-2)11-33-22(37)32(10-18(36)23(26,27)28)21(31-33)13-3-5-14(24)6-4-13/h3-9,12,18,35-36H,10-11H2,1-2H3/t12?,18-/m0/s1. The van der Waals surface area contributed by atoms with Crippen LogP contribution in [-0.4, -0.2) is 58.7 Å². The van der Waals surface area contributed by atoms with Crippen LogP contribution < -0.4 is 10.4 Å². The summed E-state index contributed by atoms with van der Waals surface area (Å²) in [5.74, 6) is -0.625. The Hall–Kier alpha value is -3.75. The molecule has 2 aromatic carbocycles. The van der Waals surface area contributed by atoms with Crippen molar-refractivity contribution in [1.82, 2.24) is 29.1 Å². The third-order valence-electron chi connectivity index (χ3n) is 5.47. The molecule has 0 aliphatic rings. The normalized spacial score (nSPS) is 13.5. The Morgan fingerprint density at radius 2 is 1.79 bits per heavy atom. The van der Waals surface area contributed by atoms with Crippen LogP contribution in [-0.2, 0) is 13.1 Å². The summed E-state index contributed by atoms with van der Waals surface area (Å²) in [6, 6.07) is 9.49. The van der Waals surface area contributed by atoms with Crippen molar-refractivity contribution in [3.63, 3.8) is 0 Å². The fraction of sp³-hybridized carbons (Fsp3) is 0.304. The number of nitrogens with zero attached hydrogens (tertiary/aromatic N) is 6. The van der Waals surface area contributed by atoms with Crippen LogP contribution in [0.4, 0.5) is 17.6 Å². The molecule has 0 amide bonds. The summed E-state index contributed by atoms with van der Waals surface area (Å²) < 4.78 is 60.9. The quantitative estimate of drug-likeness (QED) is 0.320. The van der Waals surface area contributed by atoms with E-state index in [0.29, 0.717) is 9.59 Å². The molecule has 1 unspecified atom stereocenters. The Balaban J connectivity index is 1.79. The van der Waals surface area contributed by atoms with Crippen LogP contribution in [0.25, 0.3) is 17.1 Å². The molecule has 2 aromatic heterocycles. The smallest absolute Gasteiger partial charge is 0.416 e. The lowest BCUT2D eigenvalue weighted by molar-refractivity contribution is -0.207. The van der Waals surface area contributed by atoms with Crippen molar-refractivity contribution >= 4 is 11.6 Å². The molecule has 4 rings (SSSR count). The minimum Gasteiger partial charge on any atom is -0.494 e. The topological polar surface area (TPSA) is 120 Å². The lowest BCUT2D eigenvalue weighted by Crippen LogP contribution is -2.37. The number of benzene rings is 2. The van der Waals surface area contributed by atoms with Gasteiger partial charge in [0, 0.05) is 16.7 Å². The first-order chi connectivity index (χ1) is 17.9. The highest BCUT2D eigenvalue weighted by Gasteiger charge is 2.39. The van der Waals surface area contributed by atoms with Crippen molar-refractivity contribution in [2.45, 2.75) is 38.4 Å². The Morgan fingerprint density at radius 1 is 1.11 bits per heavy atom. The van der Waals surface area contributed by atoms with E-state index in [-0.39, 0.29) is 34.5 Å². The summed E-state index contributed by atoms with van der Waals surface area (Å²) in [4.78, 5) is 17.4. The van der Waals surface area contributed by atoms with Gasteiger partial charge in [0.05, 0.1) is 13.7 Å². The summed E-state index contributed by atoms with van der Waals surface area (Å²) in [6.45, 7) is -0.0863. The lowest BCUT2D eigenvalue weighted by atomic mass is 10.2. The number of rotatable bonds is 8. The second-order valence-electron chi connectivity index (χ2n) is 8.23. The summed E-state index contributed by atoms with van der Waals surface area (Å²) in [5, 5.41) is 28.7. The maximum absolute atomic E-state index is 13.7. The number of aliphatic hydroxyl groups excluding tert-OH is 2. The van der Waals surface area contributed by atoms with Crippen LogP contribution in [0.3, 0.4) is 0 Å². The summed E-state index contributed by atoms with van der Waals surface area (Å²) in [5.41, 5.74) is -0.442. The van der Waals surface area contributed by atoms with E-state index in [9.17, 15) is 32.6 Å². The van der Waals surface area contributed by atoms with Gasteiger partial charge in [-0.25, -0.2) is 23.5 Å². The number of aromatic nitrogens is 6. The molecule has 4 aromatic rings. The number of alkyl halides is 3. The van der Waals surface area contributed by atoms with Crippen molar-refractivity contribution in [2.75, 3.05) is 7.11 Å². The van der Waals surface area contributed by atoms with Gasteiger partial charge in [0.1, 0.15) is 29.9 Å². The van der Waals surface area contributed by atoms with E-state index in [1.165, 1.54) is 49.0 Å². The second kappa shape index (κ2) is 10.6. The molecule has 38 heavy (non-hydrogen) atoms. The van der Waals surface area contributed by atoms with Gasteiger partial charge < -0.3 is 14.9 Å². The Morgan fingerprint density at radius 3 is 2.39 bits per heavy atom. The molecule has 0 aliphatic carbocycles. The summed E-state index contributed by atoms with van der Waals surface area (Å²) in [7, 11) is 1.32. The Bertz CT molecular complexity index is 1500. The van der Waals surface area contributed by atoms with Crippen molar-refractivity contribution in [3.8, 4) is 22.8 Å². The van der Waals surface area contributed by atoms with Gasteiger partial charge in [0.25, 0.3) is 0 Å². The van der Waals surface area contributed by atoms with Crippen molar-refractivity contribution < 1.29 is 32.5 Å². The SMILES string of the molecule is COc1cc(F)ccc1-n1nc(Cn2nc(-c3ccc(Cl)cc3)n(C[C@H](O)C(F)(F)F)c2=O)nc1C(C)O. The first-order valence-electron chi connectivity index (χ1n) is 11.0. The molecule has 0 spiro atoms. The second-order valence-corrected chi connectivity index (χ2v) is 8.67. The van der Waals surface area contributed by atoms with Gasteiger partial charge in [-0.2, -0.15) is 13.2 Å². The van der Waals surface area contributed by atoms with Gasteiger partial charge in [-0.3, -0.25) is 4.57 Å². The largest absolute Gasteiger partial charge is 0.494 e. The van der Waals surface area contributed by atoms with E-state index in [0.717, 1.165) is 16.8 Å². The number of hydrogen-bond donors (Lipinski definition) is 2. The highest BCUT2D eigenvalue weighted by atomic mass is 35.5. The van der Waals surface area contributed by atoms with Gasteiger partial charge >= 0.3 is 11.9 Å². The van der Waals surface area contributed by atoms with Crippen LogP contribution in [0.5, 0.6) is 5.75 Å². The first-order valence-corrected chi connectivity index (χ1v) is 11.4. The van der Waals surface area contributed by atoms with E-state index >= 15 is 0 Å². The summed E-state index contributed by atoms with van der Waals surface area (Å²) >= 11 is 5.90. The zero-order chi connectivity index (χ0) is 27.8. The number of ether oxygens (including phenoxy) is 1. The molecule has 0 bridgehead atoms. The fourth-order valence-electron chi connectivity index (χ4n) is 3.64. The van der Waals surface area contributed by atoms with E-state index in [2.05, 4.69) is 15.2 Å². The van der Waals surface area contributed by atoms with Crippen LogP contribution in [0.1, 0.15) is 24.7 Å². The Labute approximate surface area is 217 Å². The van der Waals surface area contributed by atoms with Crippen LogP contribution >= 0.6 is 11.6 Å². The molecule has 10 nitrogen and oxygen atoms in total. The molecule has 202 valence electrons. The van der Waals surface area contributed by atoms with E-state index in [1.807, 2.05) is 0 Å². The minimum atomic E-state index is -4.97. The zero-order valence-corrected chi connectivity index (χ0v) is 20.7. The van der Waals surface area contributed by atoms with Crippen molar-refractivity contribution in [3.05, 3.63) is 75.4 Å². The molecule has 15 heteroatoms. The highest BCUT2D eigenvalue weighted by Crippen LogP contribution is 2.27. The maximum Gasteiger partial charge on any atom is 0.416 e. The number of hydrogen-bond acceptors (Lipinski definition) is 7. The average molecular weight is 557 g/mol. The number of aliphatic hydroxyl groups is 2. The van der Waals surface area contributed by atoms with Gasteiger partial charge in [0.2, 0.25) is 0 Å². The molecule has 2 atom stereocenters. The zero-order valence-electron chi connectivity index (χ0n) is 19.9. The van der Waals surface area contributed by atoms with Gasteiger partial charge in [0.15, 0.2) is 23.6 Å². The predicted octanol–water partition coefficient (Wildman–Crippen LogP) is 3.12. The van der Waals surface area contributed by atoms with Crippen molar-refractivity contribution in [1.29, 1.82) is 0 Å². The lowest BCUT2D eigenvalue weighted by Gasteiger charge is -2.15. The molecule has 2 N–H and O–H groups in total. The maximum atomic E-state index is 13.7. The molecule has 0 fully saturated rings. The average Bonchev–Trinajstić information content (AvgIpc) is 3.41. The molecular weight excluding hydrogens is 536 g/mol. The highest BCUT2D eigenvalue weighted by molar-refractivity contribution is 6.30. The fourth-order valence-corrected chi connectivity index (χ4v) is 3.77. The minimum absolute atomic E-state index is 0.0296. The third-order valence-corrected chi connectivity index (χ3v) is 5.72. The molecule has 0 aliphatic heterocycles. The monoisotopic (exact) mass is 556 g/mol. The molecule has 0 saturated heterocycles. The molecule has 0 saturated carbocycles. The molecular formula is C23H21ClF4N6O4. The summed E-state index contributed by atoms with van der Waals surface area (Å²) in [6.07, 6.45) is -8.94. The third kappa shape index (κ3) is 5.56. The molecule has 0 radical (unpaired) electrons. The van der Waals surface area contributed by atoms with Gasteiger partial charge in [-0.1, -0.05) is 11.6 Å². The number of methoxy groups -OCH3 is 1. The Kier molecular flexibility index (Phi) is 7.58. The molecule has 2 heterocycles. The first kappa shape index (κ1) is 27.3. The van der Waals surface area contributed by atoms with Crippen molar-refractivity contribution in [2.24, 2.45) is 0 Å². The van der Waals surface area contributed by atoms with Crippen LogP contribution in [0, 0.1) is 5.82 Å². The van der Waals surface area contributed by atoms with E-state index in [4.69, 9.17) is 16.3 Å².